The van der Waals surface area contributed by atoms with Gasteiger partial charge in [0.25, 0.3) is 11.6 Å². The fraction of sp³-hybridized carbons (Fsp3) is 0.190. The molecule has 2 N–H and O–H groups in total. The van der Waals surface area contributed by atoms with Crippen LogP contribution in [0, 0.1) is 17.0 Å². The van der Waals surface area contributed by atoms with Crippen LogP contribution in [0.15, 0.2) is 47.4 Å². The monoisotopic (exact) mass is 457 g/mol. The average Bonchev–Trinajstić information content (AvgIpc) is 2.98. The van der Waals surface area contributed by atoms with Crippen molar-refractivity contribution in [2.24, 2.45) is 0 Å². The summed E-state index contributed by atoms with van der Waals surface area (Å²) in [6.45, 7) is 2.25. The van der Waals surface area contributed by atoms with Crippen molar-refractivity contribution in [1.29, 1.82) is 0 Å². The van der Waals surface area contributed by atoms with Crippen molar-refractivity contribution in [2.45, 2.75) is 19.8 Å². The Hall–Kier alpha value is -3.24. The van der Waals surface area contributed by atoms with Crippen LogP contribution in [0.5, 0.6) is 5.75 Å². The minimum atomic E-state index is -0.617. The van der Waals surface area contributed by atoms with Crippen molar-refractivity contribution in [3.8, 4) is 5.75 Å². The Balaban J connectivity index is 1.55. The van der Waals surface area contributed by atoms with E-state index >= 15 is 0 Å². The van der Waals surface area contributed by atoms with E-state index in [1.807, 2.05) is 31.2 Å². The fourth-order valence-electron chi connectivity index (χ4n) is 2.85. The zero-order valence-corrected chi connectivity index (χ0v) is 18.2. The standard InChI is InChI=1S/C21H19N3O5S2/c1-13-4-6-14(7-5-13)11-18-20(27)23(21(30)31-18)10-2-3-19(26)22-16-12-15(24(28)29)8-9-17(16)25/h4-9,11-12,25H,2-3,10H2,1H3,(H,22,26)/b18-11-. The molecule has 0 aliphatic carbocycles. The molecule has 0 spiro atoms. The first-order chi connectivity index (χ1) is 14.7. The summed E-state index contributed by atoms with van der Waals surface area (Å²) in [6, 6.07) is 11.2. The summed E-state index contributed by atoms with van der Waals surface area (Å²) < 4.78 is 0.431. The molecule has 1 fully saturated rings. The average molecular weight is 458 g/mol. The maximum Gasteiger partial charge on any atom is 0.271 e. The summed E-state index contributed by atoms with van der Waals surface area (Å²) in [5.74, 6) is -0.902. The van der Waals surface area contributed by atoms with Crippen LogP contribution in [-0.2, 0) is 9.59 Å². The maximum absolute atomic E-state index is 12.7. The number of carbonyl (C=O) groups is 2. The number of anilines is 1. The lowest BCUT2D eigenvalue weighted by Crippen LogP contribution is -2.29. The first-order valence-electron chi connectivity index (χ1n) is 9.34. The Morgan fingerprint density at radius 1 is 1.29 bits per heavy atom. The summed E-state index contributed by atoms with van der Waals surface area (Å²) >= 11 is 6.52. The molecule has 0 bridgehead atoms. The first kappa shape index (κ1) is 22.4. The van der Waals surface area contributed by atoms with Crippen molar-refractivity contribution in [3.63, 3.8) is 0 Å². The minimum Gasteiger partial charge on any atom is -0.506 e. The number of phenols is 1. The van der Waals surface area contributed by atoms with Gasteiger partial charge in [-0.25, -0.2) is 0 Å². The second-order valence-corrected chi connectivity index (χ2v) is 8.53. The molecule has 1 heterocycles. The van der Waals surface area contributed by atoms with Gasteiger partial charge >= 0.3 is 0 Å². The highest BCUT2D eigenvalue weighted by Crippen LogP contribution is 2.33. The number of nitro groups is 1. The number of nitrogens with zero attached hydrogens (tertiary/aromatic N) is 2. The van der Waals surface area contributed by atoms with Crippen LogP contribution >= 0.6 is 24.0 Å². The molecule has 160 valence electrons. The van der Waals surface area contributed by atoms with E-state index in [4.69, 9.17) is 12.2 Å². The zero-order valence-electron chi connectivity index (χ0n) is 16.5. The molecule has 0 aromatic heterocycles. The van der Waals surface area contributed by atoms with Gasteiger partial charge in [-0.3, -0.25) is 24.6 Å². The number of hydrogen-bond donors (Lipinski definition) is 2. The van der Waals surface area contributed by atoms with Gasteiger partial charge in [0.15, 0.2) is 0 Å². The quantitative estimate of drug-likeness (QED) is 0.210. The number of hydrogen-bond acceptors (Lipinski definition) is 7. The SMILES string of the molecule is Cc1ccc(/C=C2\SC(=S)N(CCCC(=O)Nc3cc([N+](=O)[O-])ccc3O)C2=O)cc1. The smallest absolute Gasteiger partial charge is 0.271 e. The van der Waals surface area contributed by atoms with Crippen molar-refractivity contribution < 1.29 is 19.6 Å². The van der Waals surface area contributed by atoms with Crippen LogP contribution in [-0.4, -0.2) is 37.6 Å². The predicted molar refractivity (Wildman–Crippen MR) is 124 cm³/mol. The largest absolute Gasteiger partial charge is 0.506 e. The van der Waals surface area contributed by atoms with E-state index in [1.165, 1.54) is 16.7 Å². The van der Waals surface area contributed by atoms with Gasteiger partial charge < -0.3 is 10.4 Å². The second-order valence-electron chi connectivity index (χ2n) is 6.85. The molecule has 1 aliphatic rings. The van der Waals surface area contributed by atoms with Crippen LogP contribution in [0.1, 0.15) is 24.0 Å². The molecule has 31 heavy (non-hydrogen) atoms. The number of non-ortho nitro benzene ring substituents is 1. The number of aromatic hydroxyl groups is 1. The Labute approximate surface area is 188 Å². The van der Waals surface area contributed by atoms with E-state index in [0.717, 1.165) is 29.3 Å². The van der Waals surface area contributed by atoms with E-state index in [2.05, 4.69) is 5.32 Å². The summed E-state index contributed by atoms with van der Waals surface area (Å²) in [6.07, 6.45) is 2.18. The van der Waals surface area contributed by atoms with E-state index in [0.29, 0.717) is 15.6 Å². The minimum absolute atomic E-state index is 0.0363. The topological polar surface area (TPSA) is 113 Å². The molecule has 2 aromatic rings. The molecular formula is C21H19N3O5S2. The third-order valence-corrected chi connectivity index (χ3v) is 5.88. The number of thioether (sulfide) groups is 1. The van der Waals surface area contributed by atoms with Crippen LogP contribution < -0.4 is 5.32 Å². The van der Waals surface area contributed by atoms with Gasteiger partial charge in [-0.05, 0) is 31.1 Å². The number of thiocarbonyl (C=S) groups is 1. The lowest BCUT2D eigenvalue weighted by atomic mass is 10.1. The normalized spacial score (nSPS) is 14.9. The maximum atomic E-state index is 12.7. The third kappa shape index (κ3) is 5.68. The molecule has 8 nitrogen and oxygen atoms in total. The molecule has 3 rings (SSSR count). The lowest BCUT2D eigenvalue weighted by Gasteiger charge is -2.14. The van der Waals surface area contributed by atoms with Crippen molar-refractivity contribution in [3.05, 3.63) is 68.6 Å². The molecule has 10 heteroatoms. The Morgan fingerprint density at radius 2 is 2.00 bits per heavy atom. The summed E-state index contributed by atoms with van der Waals surface area (Å²) in [5.41, 5.74) is 1.75. The van der Waals surface area contributed by atoms with Crippen LogP contribution in [0.2, 0.25) is 0 Å². The molecule has 1 aliphatic heterocycles. The first-order valence-corrected chi connectivity index (χ1v) is 10.6. The molecule has 0 radical (unpaired) electrons. The Morgan fingerprint density at radius 3 is 2.68 bits per heavy atom. The van der Waals surface area contributed by atoms with E-state index in [1.54, 1.807) is 6.08 Å². The summed E-state index contributed by atoms with van der Waals surface area (Å²) in [4.78, 5) is 37.0. The van der Waals surface area contributed by atoms with Gasteiger partial charge in [0.2, 0.25) is 5.91 Å². The molecule has 0 unspecified atom stereocenters. The van der Waals surface area contributed by atoms with Gasteiger partial charge in [0.1, 0.15) is 10.1 Å². The summed E-state index contributed by atoms with van der Waals surface area (Å²) in [5, 5.41) is 23.1. The van der Waals surface area contributed by atoms with Gasteiger partial charge in [-0.1, -0.05) is 53.8 Å². The Bertz CT molecular complexity index is 1080. The number of aryl methyl sites for hydroxylation is 1. The number of benzene rings is 2. The van der Waals surface area contributed by atoms with Gasteiger partial charge in [-0.2, -0.15) is 0 Å². The van der Waals surface area contributed by atoms with Gasteiger partial charge in [0.05, 0.1) is 15.5 Å². The lowest BCUT2D eigenvalue weighted by molar-refractivity contribution is -0.384. The molecular weight excluding hydrogens is 438 g/mol. The van der Waals surface area contributed by atoms with E-state index in [9.17, 15) is 24.8 Å². The van der Waals surface area contributed by atoms with Crippen LogP contribution in [0.3, 0.4) is 0 Å². The van der Waals surface area contributed by atoms with E-state index < -0.39 is 10.8 Å². The van der Waals surface area contributed by atoms with Crippen molar-refractivity contribution in [2.75, 3.05) is 11.9 Å². The Kier molecular flexibility index (Phi) is 7.03. The number of phenolic OH excluding ortho intramolecular Hbond substituents is 1. The molecule has 0 atom stereocenters. The fourth-order valence-corrected chi connectivity index (χ4v) is 4.16. The molecule has 1 saturated heterocycles. The predicted octanol–water partition coefficient (Wildman–Crippen LogP) is 4.23. The number of rotatable bonds is 7. The highest BCUT2D eigenvalue weighted by atomic mass is 32.2. The van der Waals surface area contributed by atoms with Crippen LogP contribution in [0.25, 0.3) is 6.08 Å². The van der Waals surface area contributed by atoms with E-state index in [-0.39, 0.29) is 36.0 Å². The summed E-state index contributed by atoms with van der Waals surface area (Å²) in [7, 11) is 0. The second kappa shape index (κ2) is 9.71. The van der Waals surface area contributed by atoms with Gasteiger partial charge in [0, 0.05) is 25.1 Å². The number of nitro benzene ring substituents is 1. The van der Waals surface area contributed by atoms with Crippen LogP contribution in [0.4, 0.5) is 11.4 Å². The zero-order chi connectivity index (χ0) is 22.5. The molecule has 0 saturated carbocycles. The number of carbonyl (C=O) groups excluding carboxylic acids is 2. The van der Waals surface area contributed by atoms with Crippen molar-refractivity contribution in [1.82, 2.24) is 4.90 Å². The van der Waals surface area contributed by atoms with Gasteiger partial charge in [-0.15, -0.1) is 0 Å². The highest BCUT2D eigenvalue weighted by Gasteiger charge is 2.31. The third-order valence-electron chi connectivity index (χ3n) is 4.50. The van der Waals surface area contributed by atoms with Crippen molar-refractivity contribution >= 4 is 57.6 Å². The number of nitrogens with one attached hydrogen (secondary N) is 1. The highest BCUT2D eigenvalue weighted by molar-refractivity contribution is 8.26. The molecule has 2 amide bonds. The molecule has 2 aromatic carbocycles. The number of amides is 2.